The maximum atomic E-state index is 5.56. The fourth-order valence-corrected chi connectivity index (χ4v) is 1.56. The van der Waals surface area contributed by atoms with E-state index in [1.54, 1.807) is 0 Å². The molecule has 0 bridgehead atoms. The molecule has 0 spiro atoms. The van der Waals surface area contributed by atoms with Crippen LogP contribution in [-0.4, -0.2) is 55.6 Å². The Labute approximate surface area is 99.9 Å². The van der Waals surface area contributed by atoms with E-state index in [1.807, 2.05) is 18.2 Å². The van der Waals surface area contributed by atoms with Gasteiger partial charge in [-0.25, -0.2) is 0 Å². The van der Waals surface area contributed by atoms with Crippen LogP contribution in [0.25, 0.3) is 0 Å². The molecule has 0 aliphatic carbocycles. The van der Waals surface area contributed by atoms with E-state index in [0.717, 1.165) is 39.3 Å². The molecule has 0 amide bonds. The number of nitrogens with zero attached hydrogens (tertiary/aromatic N) is 2. The second-order valence-corrected chi connectivity index (χ2v) is 3.71. The second kappa shape index (κ2) is 10.6. The minimum Gasteiger partial charge on any atom is -0.329 e. The van der Waals surface area contributed by atoms with E-state index in [0.29, 0.717) is 6.54 Å². The summed E-state index contributed by atoms with van der Waals surface area (Å²) in [6, 6.07) is 0. The summed E-state index contributed by atoms with van der Waals surface area (Å²) in [7, 11) is 0. The van der Waals surface area contributed by atoms with Gasteiger partial charge < -0.3 is 5.73 Å². The minimum absolute atomic E-state index is 0.691. The zero-order valence-electron chi connectivity index (χ0n) is 10.3. The van der Waals surface area contributed by atoms with Crippen LogP contribution in [0.5, 0.6) is 0 Å². The quantitative estimate of drug-likeness (QED) is 0.533. The molecule has 0 unspecified atom stereocenters. The molecule has 0 fully saturated rings. The first-order valence-electron chi connectivity index (χ1n) is 5.76. The van der Waals surface area contributed by atoms with Gasteiger partial charge in [-0.2, -0.15) is 0 Å². The van der Waals surface area contributed by atoms with Crippen LogP contribution in [0.1, 0.15) is 0 Å². The maximum Gasteiger partial charge on any atom is 0.0164 e. The van der Waals surface area contributed by atoms with Gasteiger partial charge in [0.1, 0.15) is 0 Å². The lowest BCUT2D eigenvalue weighted by atomic mass is 10.3. The lowest BCUT2D eigenvalue weighted by Crippen LogP contribution is -2.37. The average Bonchev–Trinajstić information content (AvgIpc) is 2.27. The van der Waals surface area contributed by atoms with Crippen molar-refractivity contribution in [2.24, 2.45) is 5.73 Å². The fraction of sp³-hybridized carbons (Fsp3) is 0.538. The molecular weight excluding hydrogens is 198 g/mol. The highest BCUT2D eigenvalue weighted by Crippen LogP contribution is 1.93. The maximum absolute atomic E-state index is 5.56. The molecule has 3 nitrogen and oxygen atoms in total. The predicted octanol–water partition coefficient (Wildman–Crippen LogP) is 1.11. The first-order valence-corrected chi connectivity index (χ1v) is 5.76. The van der Waals surface area contributed by atoms with Gasteiger partial charge in [-0.05, 0) is 0 Å². The highest BCUT2D eigenvalue weighted by Gasteiger charge is 2.05. The van der Waals surface area contributed by atoms with Crippen molar-refractivity contribution in [3.63, 3.8) is 0 Å². The summed E-state index contributed by atoms with van der Waals surface area (Å²) in [6.07, 6.45) is 5.76. The number of hydrogen-bond donors (Lipinski definition) is 1. The average molecular weight is 223 g/mol. The molecule has 3 heteroatoms. The number of hydrogen-bond acceptors (Lipinski definition) is 3. The van der Waals surface area contributed by atoms with Crippen molar-refractivity contribution in [3.8, 4) is 0 Å². The van der Waals surface area contributed by atoms with Crippen LogP contribution in [0, 0.1) is 0 Å². The Kier molecular flexibility index (Phi) is 10.0. The summed E-state index contributed by atoms with van der Waals surface area (Å²) < 4.78 is 0. The number of rotatable bonds is 11. The Hall–Kier alpha value is -0.900. The van der Waals surface area contributed by atoms with E-state index in [2.05, 4.69) is 29.5 Å². The molecule has 0 radical (unpaired) electrons. The smallest absolute Gasteiger partial charge is 0.0164 e. The van der Waals surface area contributed by atoms with Gasteiger partial charge in [0.15, 0.2) is 0 Å². The Morgan fingerprint density at radius 1 is 0.750 bits per heavy atom. The lowest BCUT2D eigenvalue weighted by molar-refractivity contribution is 0.244. The Balaban J connectivity index is 3.96. The molecule has 0 aromatic rings. The van der Waals surface area contributed by atoms with Crippen LogP contribution >= 0.6 is 0 Å². The normalized spacial score (nSPS) is 10.7. The van der Waals surface area contributed by atoms with Crippen LogP contribution in [0.4, 0.5) is 0 Å². The molecule has 16 heavy (non-hydrogen) atoms. The molecule has 0 aliphatic heterocycles. The summed E-state index contributed by atoms with van der Waals surface area (Å²) in [6.45, 7) is 17.6. The molecule has 2 N–H and O–H groups in total. The number of nitrogens with two attached hydrogens (primary N) is 1. The van der Waals surface area contributed by atoms with E-state index in [-0.39, 0.29) is 0 Å². The summed E-state index contributed by atoms with van der Waals surface area (Å²) >= 11 is 0. The van der Waals surface area contributed by atoms with Gasteiger partial charge in [0.2, 0.25) is 0 Å². The molecule has 0 saturated carbocycles. The molecule has 0 aromatic heterocycles. The second-order valence-electron chi connectivity index (χ2n) is 3.71. The minimum atomic E-state index is 0.691. The highest BCUT2D eigenvalue weighted by atomic mass is 15.2. The summed E-state index contributed by atoms with van der Waals surface area (Å²) in [5.74, 6) is 0. The third kappa shape index (κ3) is 7.40. The Morgan fingerprint density at radius 2 is 1.19 bits per heavy atom. The fourth-order valence-electron chi connectivity index (χ4n) is 1.56. The first-order chi connectivity index (χ1) is 7.78. The highest BCUT2D eigenvalue weighted by molar-refractivity contribution is 4.81. The van der Waals surface area contributed by atoms with Crippen molar-refractivity contribution < 1.29 is 0 Å². The van der Waals surface area contributed by atoms with Gasteiger partial charge in [0, 0.05) is 45.8 Å². The largest absolute Gasteiger partial charge is 0.329 e. The molecule has 0 saturated heterocycles. The molecular formula is C13H25N3. The van der Waals surface area contributed by atoms with Gasteiger partial charge in [-0.3, -0.25) is 9.80 Å². The van der Waals surface area contributed by atoms with Crippen LogP contribution in [0.2, 0.25) is 0 Å². The summed E-state index contributed by atoms with van der Waals surface area (Å²) in [4.78, 5) is 4.60. The van der Waals surface area contributed by atoms with Crippen LogP contribution in [0.15, 0.2) is 38.0 Å². The lowest BCUT2D eigenvalue weighted by Gasteiger charge is -2.25. The molecule has 92 valence electrons. The van der Waals surface area contributed by atoms with E-state index < -0.39 is 0 Å². The third-order valence-electron chi connectivity index (χ3n) is 2.34. The SMILES string of the molecule is C=CCN(CC=C)CCN(CC=C)CCN. The van der Waals surface area contributed by atoms with Crippen molar-refractivity contribution in [1.29, 1.82) is 0 Å². The molecule has 0 aromatic carbocycles. The van der Waals surface area contributed by atoms with Crippen molar-refractivity contribution in [3.05, 3.63) is 38.0 Å². The van der Waals surface area contributed by atoms with E-state index in [4.69, 9.17) is 5.73 Å². The third-order valence-corrected chi connectivity index (χ3v) is 2.34. The van der Waals surface area contributed by atoms with Crippen LogP contribution in [-0.2, 0) is 0 Å². The van der Waals surface area contributed by atoms with E-state index in [1.165, 1.54) is 0 Å². The monoisotopic (exact) mass is 223 g/mol. The Morgan fingerprint density at radius 3 is 1.62 bits per heavy atom. The van der Waals surface area contributed by atoms with Crippen molar-refractivity contribution in [2.75, 3.05) is 45.8 Å². The standard InChI is InChI=1S/C13H25N3/c1-4-8-15(9-5-2)12-13-16(10-6-3)11-7-14/h4-6H,1-3,7-14H2. The van der Waals surface area contributed by atoms with Gasteiger partial charge >= 0.3 is 0 Å². The zero-order valence-corrected chi connectivity index (χ0v) is 10.3. The van der Waals surface area contributed by atoms with Crippen molar-refractivity contribution >= 4 is 0 Å². The first kappa shape index (κ1) is 15.1. The van der Waals surface area contributed by atoms with Crippen molar-refractivity contribution in [1.82, 2.24) is 9.80 Å². The predicted molar refractivity (Wildman–Crippen MR) is 72.5 cm³/mol. The van der Waals surface area contributed by atoms with Gasteiger partial charge in [0.25, 0.3) is 0 Å². The molecule has 0 aliphatic rings. The Bertz CT molecular complexity index is 191. The summed E-state index contributed by atoms with van der Waals surface area (Å²) in [5, 5.41) is 0. The van der Waals surface area contributed by atoms with E-state index >= 15 is 0 Å². The molecule has 0 heterocycles. The zero-order chi connectivity index (χ0) is 12.2. The molecule has 0 atom stereocenters. The van der Waals surface area contributed by atoms with Crippen LogP contribution in [0.3, 0.4) is 0 Å². The van der Waals surface area contributed by atoms with Gasteiger partial charge in [0.05, 0.1) is 0 Å². The van der Waals surface area contributed by atoms with Crippen LogP contribution < -0.4 is 5.73 Å². The van der Waals surface area contributed by atoms with Crippen molar-refractivity contribution in [2.45, 2.75) is 0 Å². The van der Waals surface area contributed by atoms with Gasteiger partial charge in [-0.1, -0.05) is 18.2 Å². The summed E-state index contributed by atoms with van der Waals surface area (Å²) in [5.41, 5.74) is 5.56. The van der Waals surface area contributed by atoms with E-state index in [9.17, 15) is 0 Å². The topological polar surface area (TPSA) is 32.5 Å². The van der Waals surface area contributed by atoms with Gasteiger partial charge in [-0.15, -0.1) is 19.7 Å². The molecule has 0 rings (SSSR count).